The number of rotatable bonds is 6. The maximum atomic E-state index is 14.7. The first-order chi connectivity index (χ1) is 14.0. The van der Waals surface area contributed by atoms with E-state index in [0.29, 0.717) is 17.6 Å². The Morgan fingerprint density at radius 2 is 1.76 bits per heavy atom. The number of carbonyl (C=O) groups excluding carboxylic acids is 1. The quantitative estimate of drug-likeness (QED) is 0.616. The topological polar surface area (TPSA) is 69.0 Å². The number of benzene rings is 2. The molecular formula is C22H23F2N3O2. The molecule has 0 spiro atoms. The smallest absolute Gasteiger partial charge is 0.306 e. The first-order valence-corrected chi connectivity index (χ1v) is 9.87. The molecule has 1 atom stereocenters. The minimum Gasteiger partial charge on any atom is -0.306 e. The van der Waals surface area contributed by atoms with Gasteiger partial charge in [-0.3, -0.25) is 4.79 Å². The zero-order valence-corrected chi connectivity index (χ0v) is 16.0. The van der Waals surface area contributed by atoms with Gasteiger partial charge in [0, 0.05) is 19.0 Å². The van der Waals surface area contributed by atoms with Crippen LogP contribution in [0, 0.1) is 11.7 Å². The highest BCUT2D eigenvalue weighted by molar-refractivity contribution is 5.99. The predicted octanol–water partition coefficient (Wildman–Crippen LogP) is 3.99. The molecule has 29 heavy (non-hydrogen) atoms. The van der Waals surface area contributed by atoms with Gasteiger partial charge in [0.05, 0.1) is 16.6 Å². The Kier molecular flexibility index (Phi) is 5.58. The van der Waals surface area contributed by atoms with E-state index in [-0.39, 0.29) is 23.7 Å². The number of hydrogen-bond acceptors (Lipinski definition) is 3. The van der Waals surface area contributed by atoms with Crippen molar-refractivity contribution in [2.45, 2.75) is 25.4 Å². The van der Waals surface area contributed by atoms with E-state index in [1.54, 1.807) is 0 Å². The van der Waals surface area contributed by atoms with Crippen LogP contribution in [0.5, 0.6) is 0 Å². The summed E-state index contributed by atoms with van der Waals surface area (Å²) < 4.78 is 28.9. The van der Waals surface area contributed by atoms with Crippen molar-refractivity contribution in [1.29, 1.82) is 0 Å². The van der Waals surface area contributed by atoms with Gasteiger partial charge < -0.3 is 14.9 Å². The van der Waals surface area contributed by atoms with E-state index in [9.17, 15) is 18.4 Å². The first kappa shape index (κ1) is 19.5. The van der Waals surface area contributed by atoms with E-state index in [4.69, 9.17) is 0 Å². The molecule has 4 rings (SSSR count). The largest absolute Gasteiger partial charge is 0.323 e. The molecule has 0 bridgehead atoms. The number of ketones is 1. The van der Waals surface area contributed by atoms with Crippen LogP contribution in [0.1, 0.15) is 41.4 Å². The van der Waals surface area contributed by atoms with Crippen LogP contribution in [-0.2, 0) is 0 Å². The summed E-state index contributed by atoms with van der Waals surface area (Å²) >= 11 is 0. The number of nitrogens with one attached hydrogen (secondary N) is 2. The molecule has 1 aliphatic heterocycles. The molecule has 5 nitrogen and oxygen atoms in total. The monoisotopic (exact) mass is 399 g/mol. The molecule has 152 valence electrons. The second kappa shape index (κ2) is 8.29. The fourth-order valence-electron chi connectivity index (χ4n) is 4.04. The third-order valence-electron chi connectivity index (χ3n) is 5.72. The number of nitrogens with zero attached hydrogens (tertiary/aromatic N) is 1. The maximum absolute atomic E-state index is 14.7. The van der Waals surface area contributed by atoms with Crippen molar-refractivity contribution in [1.82, 2.24) is 14.9 Å². The van der Waals surface area contributed by atoms with Crippen LogP contribution in [0.25, 0.3) is 11.0 Å². The van der Waals surface area contributed by atoms with Crippen LogP contribution in [0.15, 0.2) is 47.3 Å². The minimum atomic E-state index is -0.968. The molecular weight excluding hydrogens is 376 g/mol. The fourth-order valence-corrected chi connectivity index (χ4v) is 4.04. The molecule has 2 aromatic carbocycles. The normalized spacial score (nSPS) is 16.9. The first-order valence-electron chi connectivity index (χ1n) is 9.87. The van der Waals surface area contributed by atoms with Gasteiger partial charge in [0.15, 0.2) is 5.78 Å². The zero-order chi connectivity index (χ0) is 20.4. The van der Waals surface area contributed by atoms with E-state index in [0.717, 1.165) is 37.6 Å². The lowest BCUT2D eigenvalue weighted by Crippen LogP contribution is -2.36. The summed E-state index contributed by atoms with van der Waals surface area (Å²) in [4.78, 5) is 31.0. The number of aromatic nitrogens is 2. The summed E-state index contributed by atoms with van der Waals surface area (Å²) in [7, 11) is 0. The number of aromatic amines is 2. The van der Waals surface area contributed by atoms with Crippen molar-refractivity contribution in [3.63, 3.8) is 0 Å². The van der Waals surface area contributed by atoms with Gasteiger partial charge in [0.2, 0.25) is 0 Å². The van der Waals surface area contributed by atoms with E-state index in [2.05, 4.69) is 14.9 Å². The van der Waals surface area contributed by atoms with Crippen molar-refractivity contribution >= 4 is 16.8 Å². The highest BCUT2D eigenvalue weighted by atomic mass is 19.1. The maximum Gasteiger partial charge on any atom is 0.323 e. The van der Waals surface area contributed by atoms with E-state index in [1.807, 2.05) is 30.3 Å². The molecule has 1 aromatic heterocycles. The number of Topliss-reactive ketones (excluding diaryl/α,β-unsaturated/α-hetero) is 1. The van der Waals surface area contributed by atoms with Crippen molar-refractivity contribution in [2.24, 2.45) is 5.92 Å². The van der Waals surface area contributed by atoms with E-state index in [1.165, 1.54) is 6.07 Å². The number of likely N-dealkylation sites (tertiary alicyclic amines) is 1. The average Bonchev–Trinajstić information content (AvgIpc) is 3.10. The number of piperidine rings is 1. The highest BCUT2D eigenvalue weighted by Crippen LogP contribution is 2.33. The number of imidazole rings is 1. The van der Waals surface area contributed by atoms with Crippen LogP contribution in [-0.4, -0.2) is 40.3 Å². The van der Waals surface area contributed by atoms with Crippen molar-refractivity contribution in [3.8, 4) is 0 Å². The van der Waals surface area contributed by atoms with Gasteiger partial charge in [-0.2, -0.15) is 0 Å². The lowest BCUT2D eigenvalue weighted by molar-refractivity contribution is 0.0916. The van der Waals surface area contributed by atoms with Crippen LogP contribution in [0.2, 0.25) is 0 Å². The Labute approximate surface area is 166 Å². The summed E-state index contributed by atoms with van der Waals surface area (Å²) in [6.45, 7) is 1.95. The van der Waals surface area contributed by atoms with Gasteiger partial charge in [0.1, 0.15) is 12.0 Å². The van der Waals surface area contributed by atoms with Gasteiger partial charge in [-0.05, 0) is 43.5 Å². The molecule has 1 saturated heterocycles. The average molecular weight is 399 g/mol. The summed E-state index contributed by atoms with van der Waals surface area (Å²) in [5.41, 5.74) is 1.01. The summed E-state index contributed by atoms with van der Waals surface area (Å²) in [6, 6.07) is 11.8. The minimum absolute atomic E-state index is 0.0180. The molecule has 2 heterocycles. The SMILES string of the molecule is O=C(CCN1CCC(C(F)c2ccccc2)CC1)c1cc2[nH]c(=O)[nH]c2cc1F. The Hall–Kier alpha value is -2.80. The van der Waals surface area contributed by atoms with E-state index >= 15 is 0 Å². The molecule has 0 aliphatic carbocycles. The molecule has 1 unspecified atom stereocenters. The standard InChI is InChI=1S/C22H23F2N3O2/c23-17-13-19-18(25-22(29)26-19)12-16(17)20(28)8-11-27-9-6-15(7-10-27)21(24)14-4-2-1-3-5-14/h1-5,12-13,15,21H,6-11H2,(H2,25,26,29). The number of carbonyl (C=O) groups is 1. The molecule has 2 N–H and O–H groups in total. The number of hydrogen-bond donors (Lipinski definition) is 2. The second-order valence-electron chi connectivity index (χ2n) is 7.62. The van der Waals surface area contributed by atoms with Gasteiger partial charge >= 0.3 is 5.69 Å². The van der Waals surface area contributed by atoms with Gasteiger partial charge in [-0.1, -0.05) is 30.3 Å². The fraction of sp³-hybridized carbons (Fsp3) is 0.364. The van der Waals surface area contributed by atoms with Crippen LogP contribution in [0.4, 0.5) is 8.78 Å². The van der Waals surface area contributed by atoms with Crippen LogP contribution < -0.4 is 5.69 Å². The van der Waals surface area contributed by atoms with Crippen molar-refractivity contribution in [3.05, 3.63) is 69.9 Å². The summed E-state index contributed by atoms with van der Waals surface area (Å²) in [5.74, 6) is -0.963. The molecule has 1 aliphatic rings. The molecule has 0 radical (unpaired) electrons. The zero-order valence-electron chi connectivity index (χ0n) is 16.0. The third kappa shape index (κ3) is 4.29. The highest BCUT2D eigenvalue weighted by Gasteiger charge is 2.27. The number of alkyl halides is 1. The Balaban J connectivity index is 1.32. The molecule has 1 fully saturated rings. The van der Waals surface area contributed by atoms with Gasteiger partial charge in [-0.15, -0.1) is 0 Å². The second-order valence-corrected chi connectivity index (χ2v) is 7.62. The van der Waals surface area contributed by atoms with Crippen molar-refractivity contribution < 1.29 is 13.6 Å². The van der Waals surface area contributed by atoms with Gasteiger partial charge in [0.25, 0.3) is 0 Å². The molecule has 3 aromatic rings. The van der Waals surface area contributed by atoms with Gasteiger partial charge in [-0.25, -0.2) is 13.6 Å². The molecule has 0 amide bonds. The summed E-state index contributed by atoms with van der Waals surface area (Å²) in [6.07, 6.45) is 0.674. The Morgan fingerprint density at radius 3 is 2.45 bits per heavy atom. The van der Waals surface area contributed by atoms with Crippen LogP contribution in [0.3, 0.4) is 0 Å². The Morgan fingerprint density at radius 1 is 1.10 bits per heavy atom. The van der Waals surface area contributed by atoms with Crippen molar-refractivity contribution in [2.75, 3.05) is 19.6 Å². The number of H-pyrrole nitrogens is 2. The third-order valence-corrected chi connectivity index (χ3v) is 5.72. The predicted molar refractivity (Wildman–Crippen MR) is 107 cm³/mol. The lowest BCUT2D eigenvalue weighted by Gasteiger charge is -2.33. The molecule has 0 saturated carbocycles. The van der Waals surface area contributed by atoms with Crippen LogP contribution >= 0.6 is 0 Å². The summed E-state index contributed by atoms with van der Waals surface area (Å²) in [5, 5.41) is 0. The Bertz CT molecular complexity index is 1050. The number of halogens is 2. The number of fused-ring (bicyclic) bond motifs is 1. The molecule has 7 heteroatoms. The van der Waals surface area contributed by atoms with E-state index < -0.39 is 17.7 Å². The lowest BCUT2D eigenvalue weighted by atomic mass is 9.88.